The highest BCUT2D eigenvalue weighted by atomic mass is 32.1. The van der Waals surface area contributed by atoms with Gasteiger partial charge >= 0.3 is 0 Å². The first-order chi connectivity index (χ1) is 8.86. The maximum Gasteiger partial charge on any atom is 0.275 e. The number of hydrogen-bond acceptors (Lipinski definition) is 1. The molecule has 0 saturated carbocycles. The fourth-order valence-electron chi connectivity index (χ4n) is 2.69. The van der Waals surface area contributed by atoms with Gasteiger partial charge in [-0.1, -0.05) is 41.7 Å². The van der Waals surface area contributed by atoms with Crippen molar-refractivity contribution in [1.29, 1.82) is 0 Å². The number of aryl methyl sites for hydroxylation is 1. The summed E-state index contributed by atoms with van der Waals surface area (Å²) in [5, 5.41) is 6.24. The van der Waals surface area contributed by atoms with Gasteiger partial charge in [-0.25, -0.2) is 0 Å². The normalized spacial score (nSPS) is 11.6. The van der Waals surface area contributed by atoms with Gasteiger partial charge in [-0.2, -0.15) is 0 Å². The lowest BCUT2D eigenvalue weighted by atomic mass is 10.1. The highest BCUT2D eigenvalue weighted by Gasteiger charge is 2.18. The lowest BCUT2D eigenvalue weighted by molar-refractivity contribution is -0.483. The maximum atomic E-state index is 2.36. The summed E-state index contributed by atoms with van der Waals surface area (Å²) in [4.78, 5) is 1.34. The van der Waals surface area contributed by atoms with E-state index in [2.05, 4.69) is 65.2 Å². The van der Waals surface area contributed by atoms with E-state index in [0.29, 0.717) is 0 Å². The van der Waals surface area contributed by atoms with E-state index in [0.717, 1.165) is 0 Å². The topological polar surface area (TPSA) is 4.10 Å². The zero-order chi connectivity index (χ0) is 12.1. The average Bonchev–Trinajstić information content (AvgIpc) is 2.82. The van der Waals surface area contributed by atoms with Crippen molar-refractivity contribution >= 4 is 37.8 Å². The molecule has 18 heavy (non-hydrogen) atoms. The van der Waals surface area contributed by atoms with E-state index in [1.807, 2.05) is 11.3 Å². The van der Waals surface area contributed by atoms with Crippen molar-refractivity contribution in [1.82, 2.24) is 0 Å². The Morgan fingerprint density at radius 1 is 0.833 bits per heavy atom. The van der Waals surface area contributed by atoms with Crippen molar-refractivity contribution in [2.45, 2.75) is 6.92 Å². The first-order valence-electron chi connectivity index (χ1n) is 6.05. The minimum Gasteiger partial charge on any atom is -0.147 e. The molecule has 0 fully saturated rings. The predicted molar refractivity (Wildman–Crippen MR) is 77.2 cm³/mol. The van der Waals surface area contributed by atoms with E-state index in [-0.39, 0.29) is 0 Å². The van der Waals surface area contributed by atoms with E-state index in [1.165, 1.54) is 32.2 Å². The Morgan fingerprint density at radius 2 is 1.50 bits per heavy atom. The number of pyridine rings is 1. The first-order valence-corrected chi connectivity index (χ1v) is 6.93. The molecule has 0 aliphatic rings. The van der Waals surface area contributed by atoms with Gasteiger partial charge in [0.1, 0.15) is 0 Å². The molecule has 0 aliphatic carbocycles. The molecule has 1 nitrogen and oxygen atoms in total. The molecular formula is C16H12NS+. The second kappa shape index (κ2) is 3.53. The van der Waals surface area contributed by atoms with Crippen LogP contribution in [0.3, 0.4) is 0 Å². The van der Waals surface area contributed by atoms with Gasteiger partial charge in [0.2, 0.25) is 5.52 Å². The molecule has 0 unspecified atom stereocenters. The monoisotopic (exact) mass is 250 g/mol. The van der Waals surface area contributed by atoms with Crippen LogP contribution >= 0.6 is 11.3 Å². The molecule has 0 amide bonds. The molecule has 0 radical (unpaired) electrons. The Bertz CT molecular complexity index is 889. The lowest BCUT2D eigenvalue weighted by Crippen LogP contribution is -2.23. The highest BCUT2D eigenvalue weighted by Crippen LogP contribution is 2.28. The van der Waals surface area contributed by atoms with Crippen molar-refractivity contribution in [2.75, 3.05) is 0 Å². The number of rotatable bonds is 0. The van der Waals surface area contributed by atoms with Crippen LogP contribution in [0.4, 0.5) is 0 Å². The summed E-state index contributed by atoms with van der Waals surface area (Å²) >= 11 is 1.82. The fraction of sp³-hybridized carbons (Fsp3) is 0.0625. The Labute approximate surface area is 109 Å². The van der Waals surface area contributed by atoms with E-state index in [4.69, 9.17) is 0 Å². The van der Waals surface area contributed by atoms with E-state index >= 15 is 0 Å². The number of para-hydroxylation sites is 1. The third-order valence-electron chi connectivity index (χ3n) is 3.49. The van der Waals surface area contributed by atoms with Gasteiger partial charge in [0.15, 0.2) is 5.69 Å². The Hall–Kier alpha value is -1.93. The molecule has 2 heterocycles. The Kier molecular flexibility index (Phi) is 1.97. The Balaban J connectivity index is 2.48. The number of aromatic nitrogens is 1. The van der Waals surface area contributed by atoms with Gasteiger partial charge in [-0.05, 0) is 12.1 Å². The zero-order valence-electron chi connectivity index (χ0n) is 10.1. The molecule has 2 aromatic heterocycles. The largest absolute Gasteiger partial charge is 0.275 e. The van der Waals surface area contributed by atoms with Crippen LogP contribution in [0.25, 0.3) is 26.5 Å². The van der Waals surface area contributed by atoms with Crippen LogP contribution in [0.2, 0.25) is 0 Å². The fourth-order valence-corrected chi connectivity index (χ4v) is 3.73. The average molecular weight is 250 g/mol. The summed E-state index contributed by atoms with van der Waals surface area (Å²) in [5.74, 6) is 0. The van der Waals surface area contributed by atoms with Crippen molar-refractivity contribution in [3.8, 4) is 0 Å². The summed E-state index contributed by atoms with van der Waals surface area (Å²) < 4.78 is 2.36. The molecule has 4 aromatic rings. The second-order valence-corrected chi connectivity index (χ2v) is 5.44. The number of hydrogen-bond donors (Lipinski definition) is 0. The van der Waals surface area contributed by atoms with Crippen LogP contribution in [0.15, 0.2) is 53.9 Å². The van der Waals surface area contributed by atoms with Gasteiger partial charge in [0.25, 0.3) is 4.83 Å². The first kappa shape index (κ1) is 10.0. The van der Waals surface area contributed by atoms with Gasteiger partial charge in [-0.15, -0.1) is 4.40 Å². The quantitative estimate of drug-likeness (QED) is 0.327. The molecule has 4 rings (SSSR count). The standard InChI is InChI=1S/C16H12NS/c1-11-10-18-16-14-8-3-2-6-12(14)13-7-4-5-9-15(13)17(11)16/h2-10H,1H3/q+1. The van der Waals surface area contributed by atoms with Gasteiger partial charge in [0.05, 0.1) is 16.2 Å². The van der Waals surface area contributed by atoms with Crippen molar-refractivity contribution in [2.24, 2.45) is 0 Å². The minimum absolute atomic E-state index is 1.30. The maximum absolute atomic E-state index is 2.36. The SMILES string of the molecule is Cc1csc2c3ccccc3c3ccccc3[n+]12. The molecule has 86 valence electrons. The predicted octanol–water partition coefficient (Wildman–Crippen LogP) is 4.10. The second-order valence-electron chi connectivity index (χ2n) is 4.58. The molecule has 0 spiro atoms. The van der Waals surface area contributed by atoms with Crippen LogP contribution in [0, 0.1) is 6.92 Å². The summed E-state index contributed by atoms with van der Waals surface area (Å²) in [6.45, 7) is 2.17. The smallest absolute Gasteiger partial charge is 0.147 e. The van der Waals surface area contributed by atoms with Crippen LogP contribution in [0.5, 0.6) is 0 Å². The van der Waals surface area contributed by atoms with E-state index in [1.54, 1.807) is 0 Å². The van der Waals surface area contributed by atoms with Gasteiger partial charge in [-0.3, -0.25) is 0 Å². The van der Waals surface area contributed by atoms with Crippen LogP contribution in [-0.4, -0.2) is 0 Å². The van der Waals surface area contributed by atoms with Crippen molar-refractivity contribution in [3.05, 3.63) is 59.6 Å². The molecule has 2 heteroatoms. The number of nitrogens with zero attached hydrogens (tertiary/aromatic N) is 1. The Morgan fingerprint density at radius 3 is 2.33 bits per heavy atom. The summed E-state index contributed by atoms with van der Waals surface area (Å²) in [7, 11) is 0. The summed E-state index contributed by atoms with van der Waals surface area (Å²) in [5.41, 5.74) is 2.60. The zero-order valence-corrected chi connectivity index (χ0v) is 10.9. The van der Waals surface area contributed by atoms with Gasteiger partial charge < -0.3 is 0 Å². The third-order valence-corrected chi connectivity index (χ3v) is 4.57. The van der Waals surface area contributed by atoms with E-state index in [9.17, 15) is 0 Å². The molecule has 0 bridgehead atoms. The van der Waals surface area contributed by atoms with Crippen LogP contribution < -0.4 is 4.40 Å². The molecule has 2 aromatic carbocycles. The lowest BCUT2D eigenvalue weighted by Gasteiger charge is -2.01. The molecule has 0 saturated heterocycles. The highest BCUT2D eigenvalue weighted by molar-refractivity contribution is 7.16. The number of benzene rings is 2. The van der Waals surface area contributed by atoms with Crippen molar-refractivity contribution in [3.63, 3.8) is 0 Å². The van der Waals surface area contributed by atoms with Crippen LogP contribution in [0.1, 0.15) is 5.69 Å². The van der Waals surface area contributed by atoms with Gasteiger partial charge in [0, 0.05) is 18.4 Å². The number of thiazole rings is 1. The number of fused-ring (bicyclic) bond motifs is 6. The molecular weight excluding hydrogens is 238 g/mol. The van der Waals surface area contributed by atoms with E-state index < -0.39 is 0 Å². The minimum atomic E-state index is 1.30. The molecule has 0 N–H and O–H groups in total. The third kappa shape index (κ3) is 1.18. The molecule has 0 aliphatic heterocycles. The van der Waals surface area contributed by atoms with Crippen molar-refractivity contribution < 1.29 is 4.40 Å². The van der Waals surface area contributed by atoms with Crippen LogP contribution in [-0.2, 0) is 0 Å². The summed E-state index contributed by atoms with van der Waals surface area (Å²) in [6, 6.07) is 17.3. The molecule has 0 atom stereocenters. The summed E-state index contributed by atoms with van der Waals surface area (Å²) in [6.07, 6.45) is 0.